The molecular weight excluding hydrogens is 269 g/mol. The molecule has 0 radical (unpaired) electrons. The van der Waals surface area contributed by atoms with E-state index in [4.69, 9.17) is 4.74 Å². The van der Waals surface area contributed by atoms with Crippen LogP contribution in [0.2, 0.25) is 0 Å². The molecule has 1 amide bonds. The molecule has 0 aliphatic rings. The zero-order valence-corrected chi connectivity index (χ0v) is 12.1. The third kappa shape index (κ3) is 4.13. The van der Waals surface area contributed by atoms with E-state index in [1.165, 1.54) is 12.1 Å². The number of halogens is 1. The largest absolute Gasteiger partial charge is 0.380 e. The lowest BCUT2D eigenvalue weighted by Gasteiger charge is -2.14. The van der Waals surface area contributed by atoms with Crippen molar-refractivity contribution in [2.24, 2.45) is 0 Å². The van der Waals surface area contributed by atoms with Gasteiger partial charge in [-0.1, -0.05) is 24.3 Å². The number of hydrogen-bond acceptors (Lipinski definition) is 2. The normalized spacial score (nSPS) is 12.0. The van der Waals surface area contributed by atoms with Crippen molar-refractivity contribution < 1.29 is 13.9 Å². The monoisotopic (exact) mass is 287 g/mol. The Morgan fingerprint density at radius 2 is 1.76 bits per heavy atom. The first kappa shape index (κ1) is 15.2. The smallest absolute Gasteiger partial charge is 0.251 e. The van der Waals surface area contributed by atoms with E-state index in [0.29, 0.717) is 12.2 Å². The van der Waals surface area contributed by atoms with Crippen LogP contribution in [0.15, 0.2) is 48.5 Å². The lowest BCUT2D eigenvalue weighted by Crippen LogP contribution is -2.26. The Balaban J connectivity index is 2.01. The first-order valence-electron chi connectivity index (χ1n) is 6.74. The van der Waals surface area contributed by atoms with E-state index in [2.05, 4.69) is 5.32 Å². The highest BCUT2D eigenvalue weighted by molar-refractivity contribution is 5.94. The molecule has 1 unspecified atom stereocenters. The summed E-state index contributed by atoms with van der Waals surface area (Å²) in [7, 11) is 1.63. The van der Waals surface area contributed by atoms with E-state index in [9.17, 15) is 9.18 Å². The first-order valence-corrected chi connectivity index (χ1v) is 6.74. The Kier molecular flexibility index (Phi) is 5.06. The lowest BCUT2D eigenvalue weighted by molar-refractivity contribution is 0.0940. The van der Waals surface area contributed by atoms with E-state index < -0.39 is 0 Å². The van der Waals surface area contributed by atoms with Crippen LogP contribution in [-0.2, 0) is 11.3 Å². The molecule has 1 N–H and O–H groups in total. The van der Waals surface area contributed by atoms with Crippen molar-refractivity contribution in [1.29, 1.82) is 0 Å². The number of ether oxygens (including phenoxy) is 1. The number of hydrogen-bond donors (Lipinski definition) is 1. The maximum atomic E-state index is 12.9. The van der Waals surface area contributed by atoms with E-state index in [-0.39, 0.29) is 17.8 Å². The van der Waals surface area contributed by atoms with Crippen LogP contribution in [-0.4, -0.2) is 13.0 Å². The van der Waals surface area contributed by atoms with Gasteiger partial charge < -0.3 is 10.1 Å². The van der Waals surface area contributed by atoms with Crippen LogP contribution in [0.3, 0.4) is 0 Å². The van der Waals surface area contributed by atoms with Crippen molar-refractivity contribution in [2.45, 2.75) is 19.6 Å². The van der Waals surface area contributed by atoms with Gasteiger partial charge in [0.2, 0.25) is 0 Å². The summed E-state index contributed by atoms with van der Waals surface area (Å²) in [6, 6.07) is 13.2. The summed E-state index contributed by atoms with van der Waals surface area (Å²) in [5.74, 6) is -0.443. The molecule has 0 spiro atoms. The van der Waals surface area contributed by atoms with Crippen LogP contribution in [0.4, 0.5) is 4.39 Å². The number of methoxy groups -OCH3 is 1. The van der Waals surface area contributed by atoms with Crippen molar-refractivity contribution in [2.75, 3.05) is 7.11 Å². The fourth-order valence-electron chi connectivity index (χ4n) is 2.03. The Morgan fingerprint density at radius 1 is 1.14 bits per heavy atom. The summed E-state index contributed by atoms with van der Waals surface area (Å²) in [5, 5.41) is 2.89. The van der Waals surface area contributed by atoms with Gasteiger partial charge in [-0.2, -0.15) is 0 Å². The molecule has 0 heterocycles. The fourth-order valence-corrected chi connectivity index (χ4v) is 2.03. The third-order valence-electron chi connectivity index (χ3n) is 3.24. The van der Waals surface area contributed by atoms with Crippen LogP contribution in [0.25, 0.3) is 0 Å². The van der Waals surface area contributed by atoms with Gasteiger partial charge in [0.1, 0.15) is 5.82 Å². The van der Waals surface area contributed by atoms with E-state index in [0.717, 1.165) is 11.1 Å². The maximum Gasteiger partial charge on any atom is 0.251 e. The lowest BCUT2D eigenvalue weighted by atomic mass is 10.1. The standard InChI is InChI=1S/C17H18FNO2/c1-12(14-7-9-16(18)10-8-14)19-17(20)15-5-3-13(4-6-15)11-21-2/h3-10,12H,11H2,1-2H3,(H,19,20). The summed E-state index contributed by atoms with van der Waals surface area (Å²) in [6.45, 7) is 2.39. The van der Waals surface area contributed by atoms with Gasteiger partial charge in [-0.3, -0.25) is 4.79 Å². The SMILES string of the molecule is COCc1ccc(C(=O)NC(C)c2ccc(F)cc2)cc1. The second-order valence-corrected chi connectivity index (χ2v) is 4.88. The van der Waals surface area contributed by atoms with Gasteiger partial charge in [0.05, 0.1) is 12.6 Å². The first-order chi connectivity index (χ1) is 10.1. The quantitative estimate of drug-likeness (QED) is 0.914. The van der Waals surface area contributed by atoms with Crippen molar-refractivity contribution >= 4 is 5.91 Å². The Labute approximate surface area is 123 Å². The minimum absolute atomic E-state index is 0.157. The number of amides is 1. The zero-order chi connectivity index (χ0) is 15.2. The number of carbonyl (C=O) groups is 1. The van der Waals surface area contributed by atoms with Crippen LogP contribution in [0, 0.1) is 5.82 Å². The average Bonchev–Trinajstić information content (AvgIpc) is 2.49. The molecule has 2 rings (SSSR count). The molecule has 4 heteroatoms. The molecule has 0 aromatic heterocycles. The molecule has 0 saturated carbocycles. The molecule has 2 aromatic carbocycles. The van der Waals surface area contributed by atoms with Gasteiger partial charge in [-0.05, 0) is 42.3 Å². The highest BCUT2D eigenvalue weighted by Crippen LogP contribution is 2.14. The molecule has 0 bridgehead atoms. The van der Waals surface area contributed by atoms with Crippen molar-refractivity contribution in [3.05, 3.63) is 71.0 Å². The molecule has 2 aromatic rings. The van der Waals surface area contributed by atoms with Gasteiger partial charge in [-0.15, -0.1) is 0 Å². The zero-order valence-electron chi connectivity index (χ0n) is 12.1. The Bertz CT molecular complexity index is 593. The van der Waals surface area contributed by atoms with Crippen LogP contribution in [0.1, 0.15) is 34.5 Å². The second-order valence-electron chi connectivity index (χ2n) is 4.88. The molecule has 0 fully saturated rings. The average molecular weight is 287 g/mol. The summed E-state index contributed by atoms with van der Waals surface area (Å²) >= 11 is 0. The third-order valence-corrected chi connectivity index (χ3v) is 3.24. The van der Waals surface area contributed by atoms with Gasteiger partial charge in [-0.25, -0.2) is 4.39 Å². The van der Waals surface area contributed by atoms with Gasteiger partial charge in [0, 0.05) is 12.7 Å². The summed E-state index contributed by atoms with van der Waals surface area (Å²) in [5.41, 5.74) is 2.46. The number of rotatable bonds is 5. The highest BCUT2D eigenvalue weighted by atomic mass is 19.1. The molecule has 0 saturated heterocycles. The summed E-state index contributed by atoms with van der Waals surface area (Å²) < 4.78 is 17.9. The number of carbonyl (C=O) groups excluding carboxylic acids is 1. The van der Waals surface area contributed by atoms with E-state index in [1.54, 1.807) is 31.4 Å². The van der Waals surface area contributed by atoms with Crippen LogP contribution in [0.5, 0.6) is 0 Å². The fraction of sp³-hybridized carbons (Fsp3) is 0.235. The minimum Gasteiger partial charge on any atom is -0.380 e. The Morgan fingerprint density at radius 3 is 2.33 bits per heavy atom. The molecule has 110 valence electrons. The maximum absolute atomic E-state index is 12.9. The van der Waals surface area contributed by atoms with Gasteiger partial charge in [0.15, 0.2) is 0 Å². The van der Waals surface area contributed by atoms with Gasteiger partial charge >= 0.3 is 0 Å². The van der Waals surface area contributed by atoms with Crippen molar-refractivity contribution in [1.82, 2.24) is 5.32 Å². The molecule has 0 aliphatic carbocycles. The predicted octanol–water partition coefficient (Wildman–Crippen LogP) is 3.46. The van der Waals surface area contributed by atoms with E-state index in [1.807, 2.05) is 19.1 Å². The Hall–Kier alpha value is -2.20. The van der Waals surface area contributed by atoms with Crippen molar-refractivity contribution in [3.63, 3.8) is 0 Å². The van der Waals surface area contributed by atoms with Gasteiger partial charge in [0.25, 0.3) is 5.91 Å². The number of nitrogens with one attached hydrogen (secondary N) is 1. The summed E-state index contributed by atoms with van der Waals surface area (Å²) in [4.78, 5) is 12.1. The number of benzene rings is 2. The molecule has 3 nitrogen and oxygen atoms in total. The van der Waals surface area contributed by atoms with E-state index >= 15 is 0 Å². The minimum atomic E-state index is -0.286. The van der Waals surface area contributed by atoms with Crippen LogP contribution < -0.4 is 5.32 Å². The molecule has 0 aliphatic heterocycles. The second kappa shape index (κ2) is 6.99. The topological polar surface area (TPSA) is 38.3 Å². The molecule has 1 atom stereocenters. The molecule has 21 heavy (non-hydrogen) atoms. The predicted molar refractivity (Wildman–Crippen MR) is 79.4 cm³/mol. The molecular formula is C17H18FNO2. The van der Waals surface area contributed by atoms with Crippen LogP contribution >= 0.6 is 0 Å². The van der Waals surface area contributed by atoms with Crippen molar-refractivity contribution in [3.8, 4) is 0 Å². The summed E-state index contributed by atoms with van der Waals surface area (Å²) in [6.07, 6.45) is 0. The highest BCUT2D eigenvalue weighted by Gasteiger charge is 2.11.